The van der Waals surface area contributed by atoms with Crippen LogP contribution in [0.1, 0.15) is 28.7 Å². The summed E-state index contributed by atoms with van der Waals surface area (Å²) in [5.41, 5.74) is 3.05. The predicted octanol–water partition coefficient (Wildman–Crippen LogP) is 4.24. The first-order chi connectivity index (χ1) is 11.1. The van der Waals surface area contributed by atoms with E-state index in [0.29, 0.717) is 29.3 Å². The van der Waals surface area contributed by atoms with Crippen molar-refractivity contribution < 1.29 is 4.79 Å². The molecule has 0 atom stereocenters. The third-order valence-corrected chi connectivity index (χ3v) is 4.34. The maximum atomic E-state index is 12.6. The monoisotopic (exact) mass is 391 g/mol. The predicted molar refractivity (Wildman–Crippen MR) is 94.9 cm³/mol. The fourth-order valence-corrected chi connectivity index (χ4v) is 2.84. The number of nitrogens with one attached hydrogen (secondary N) is 1. The van der Waals surface area contributed by atoms with E-state index in [1.54, 1.807) is 22.7 Å². The SMILES string of the molecule is CCc1nc2cc(Cl)ccn2c1C(=O)NCc1ccc(Br)cc1. The molecule has 118 valence electrons. The van der Waals surface area contributed by atoms with Gasteiger partial charge in [-0.1, -0.05) is 46.6 Å². The van der Waals surface area contributed by atoms with Gasteiger partial charge in [0.25, 0.3) is 5.91 Å². The molecule has 0 unspecified atom stereocenters. The smallest absolute Gasteiger partial charge is 0.270 e. The fraction of sp³-hybridized carbons (Fsp3) is 0.176. The van der Waals surface area contributed by atoms with Gasteiger partial charge in [-0.15, -0.1) is 0 Å². The molecule has 0 spiro atoms. The van der Waals surface area contributed by atoms with Gasteiger partial charge in [0.1, 0.15) is 11.3 Å². The summed E-state index contributed by atoms with van der Waals surface area (Å²) < 4.78 is 2.79. The zero-order valence-corrected chi connectivity index (χ0v) is 14.9. The number of amides is 1. The first-order valence-electron chi connectivity index (χ1n) is 7.27. The van der Waals surface area contributed by atoms with E-state index in [4.69, 9.17) is 11.6 Å². The number of imidazole rings is 1. The number of halogens is 2. The molecule has 0 bridgehead atoms. The number of aryl methyl sites for hydroxylation is 1. The molecule has 1 aromatic carbocycles. The van der Waals surface area contributed by atoms with Gasteiger partial charge in [0, 0.05) is 28.3 Å². The quantitative estimate of drug-likeness (QED) is 0.722. The Morgan fingerprint density at radius 3 is 2.74 bits per heavy atom. The standard InChI is InChI=1S/C17H15BrClN3O/c1-2-14-16(22-8-7-13(19)9-15(22)21-14)17(23)20-10-11-3-5-12(18)6-4-11/h3-9H,2,10H2,1H3,(H,20,23). The van der Waals surface area contributed by atoms with Crippen molar-refractivity contribution in [2.75, 3.05) is 0 Å². The highest BCUT2D eigenvalue weighted by Gasteiger charge is 2.18. The molecule has 0 radical (unpaired) electrons. The van der Waals surface area contributed by atoms with E-state index >= 15 is 0 Å². The van der Waals surface area contributed by atoms with Crippen molar-refractivity contribution in [3.63, 3.8) is 0 Å². The highest BCUT2D eigenvalue weighted by molar-refractivity contribution is 9.10. The Morgan fingerprint density at radius 1 is 1.30 bits per heavy atom. The summed E-state index contributed by atoms with van der Waals surface area (Å²) in [5, 5.41) is 3.56. The Labute approximate surface area is 147 Å². The van der Waals surface area contributed by atoms with Crippen molar-refractivity contribution >= 4 is 39.1 Å². The van der Waals surface area contributed by atoms with Crippen molar-refractivity contribution in [2.45, 2.75) is 19.9 Å². The number of hydrogen-bond acceptors (Lipinski definition) is 2. The summed E-state index contributed by atoms with van der Waals surface area (Å²) in [7, 11) is 0. The van der Waals surface area contributed by atoms with Crippen molar-refractivity contribution in [1.82, 2.24) is 14.7 Å². The van der Waals surface area contributed by atoms with E-state index in [9.17, 15) is 4.79 Å². The number of rotatable bonds is 4. The molecule has 6 heteroatoms. The maximum absolute atomic E-state index is 12.6. The molecule has 0 saturated carbocycles. The third-order valence-electron chi connectivity index (χ3n) is 3.58. The first kappa shape index (κ1) is 16.0. The molecular formula is C17H15BrClN3O. The number of carbonyl (C=O) groups is 1. The van der Waals surface area contributed by atoms with Crippen LogP contribution in [0, 0.1) is 0 Å². The molecule has 3 aromatic rings. The largest absolute Gasteiger partial charge is 0.347 e. The van der Waals surface area contributed by atoms with Crippen molar-refractivity contribution in [3.8, 4) is 0 Å². The average Bonchev–Trinajstić information content (AvgIpc) is 2.91. The molecule has 0 aliphatic carbocycles. The van der Waals surface area contributed by atoms with Gasteiger partial charge in [0.05, 0.1) is 5.69 Å². The molecule has 4 nitrogen and oxygen atoms in total. The summed E-state index contributed by atoms with van der Waals surface area (Å²) in [6.07, 6.45) is 2.46. The van der Waals surface area contributed by atoms with Crippen LogP contribution in [-0.4, -0.2) is 15.3 Å². The van der Waals surface area contributed by atoms with E-state index in [0.717, 1.165) is 15.7 Å². The van der Waals surface area contributed by atoms with Gasteiger partial charge >= 0.3 is 0 Å². The lowest BCUT2D eigenvalue weighted by molar-refractivity contribution is 0.0944. The van der Waals surface area contributed by atoms with E-state index in [1.165, 1.54) is 0 Å². The normalized spacial score (nSPS) is 10.9. The lowest BCUT2D eigenvalue weighted by Gasteiger charge is -2.07. The van der Waals surface area contributed by atoms with E-state index in [2.05, 4.69) is 26.2 Å². The van der Waals surface area contributed by atoms with Crippen LogP contribution in [0.4, 0.5) is 0 Å². The van der Waals surface area contributed by atoms with Crippen LogP contribution < -0.4 is 5.32 Å². The molecule has 23 heavy (non-hydrogen) atoms. The molecule has 2 aromatic heterocycles. The molecule has 2 heterocycles. The summed E-state index contributed by atoms with van der Waals surface area (Å²) in [6, 6.07) is 11.4. The fourth-order valence-electron chi connectivity index (χ4n) is 2.42. The minimum atomic E-state index is -0.139. The van der Waals surface area contributed by atoms with Crippen LogP contribution in [0.15, 0.2) is 47.1 Å². The Hall–Kier alpha value is -1.85. The molecule has 0 fully saturated rings. The summed E-state index contributed by atoms with van der Waals surface area (Å²) in [4.78, 5) is 17.1. The van der Waals surface area contributed by atoms with Gasteiger partial charge < -0.3 is 5.32 Å². The van der Waals surface area contributed by atoms with Crippen LogP contribution >= 0.6 is 27.5 Å². The number of nitrogens with zero attached hydrogens (tertiary/aromatic N) is 2. The highest BCUT2D eigenvalue weighted by Crippen LogP contribution is 2.18. The average molecular weight is 393 g/mol. The number of hydrogen-bond donors (Lipinski definition) is 1. The van der Waals surface area contributed by atoms with Crippen LogP contribution in [-0.2, 0) is 13.0 Å². The number of fused-ring (bicyclic) bond motifs is 1. The molecule has 1 N–H and O–H groups in total. The topological polar surface area (TPSA) is 46.4 Å². The lowest BCUT2D eigenvalue weighted by Crippen LogP contribution is -2.25. The van der Waals surface area contributed by atoms with E-state index < -0.39 is 0 Å². The number of benzene rings is 1. The first-order valence-corrected chi connectivity index (χ1v) is 8.44. The van der Waals surface area contributed by atoms with Gasteiger partial charge in [-0.3, -0.25) is 9.20 Å². The second-order valence-corrected chi connectivity index (χ2v) is 6.50. The van der Waals surface area contributed by atoms with Gasteiger partial charge in [-0.25, -0.2) is 4.98 Å². The van der Waals surface area contributed by atoms with Gasteiger partial charge in [-0.05, 0) is 30.2 Å². The zero-order valence-electron chi connectivity index (χ0n) is 12.5. The Balaban J connectivity index is 1.86. The second-order valence-electron chi connectivity index (χ2n) is 5.14. The van der Waals surface area contributed by atoms with Crippen LogP contribution in [0.2, 0.25) is 5.02 Å². The molecule has 0 saturated heterocycles. The van der Waals surface area contributed by atoms with Crippen molar-refractivity contribution in [1.29, 1.82) is 0 Å². The second kappa shape index (κ2) is 6.72. The van der Waals surface area contributed by atoms with E-state index in [1.807, 2.05) is 31.2 Å². The van der Waals surface area contributed by atoms with Crippen LogP contribution in [0.5, 0.6) is 0 Å². The Kier molecular flexibility index (Phi) is 4.68. The van der Waals surface area contributed by atoms with Crippen LogP contribution in [0.25, 0.3) is 5.65 Å². The van der Waals surface area contributed by atoms with Crippen LogP contribution in [0.3, 0.4) is 0 Å². The number of carbonyl (C=O) groups excluding carboxylic acids is 1. The van der Waals surface area contributed by atoms with Gasteiger partial charge in [0.2, 0.25) is 0 Å². The maximum Gasteiger partial charge on any atom is 0.270 e. The highest BCUT2D eigenvalue weighted by atomic mass is 79.9. The van der Waals surface area contributed by atoms with Gasteiger partial charge in [0.15, 0.2) is 0 Å². The Bertz CT molecular complexity index is 858. The summed E-state index contributed by atoms with van der Waals surface area (Å²) >= 11 is 9.40. The minimum absolute atomic E-state index is 0.139. The van der Waals surface area contributed by atoms with Crippen molar-refractivity contribution in [2.24, 2.45) is 0 Å². The molecule has 0 aliphatic rings. The Morgan fingerprint density at radius 2 is 2.04 bits per heavy atom. The lowest BCUT2D eigenvalue weighted by atomic mass is 10.2. The summed E-state index contributed by atoms with van der Waals surface area (Å²) in [6.45, 7) is 2.45. The van der Waals surface area contributed by atoms with Crippen molar-refractivity contribution in [3.05, 3.63) is 69.0 Å². The third kappa shape index (κ3) is 3.41. The molecule has 0 aliphatic heterocycles. The minimum Gasteiger partial charge on any atom is -0.347 e. The number of aromatic nitrogens is 2. The molecular weight excluding hydrogens is 378 g/mol. The number of pyridine rings is 1. The molecule has 1 amide bonds. The van der Waals surface area contributed by atoms with E-state index in [-0.39, 0.29) is 5.91 Å². The molecule has 3 rings (SSSR count). The van der Waals surface area contributed by atoms with Gasteiger partial charge in [-0.2, -0.15) is 0 Å². The zero-order chi connectivity index (χ0) is 16.4. The summed E-state index contributed by atoms with van der Waals surface area (Å²) in [5.74, 6) is -0.139.